The quantitative estimate of drug-likeness (QED) is 0.687. The third-order valence-electron chi connectivity index (χ3n) is 3.63. The van der Waals surface area contributed by atoms with Gasteiger partial charge >= 0.3 is 0 Å². The van der Waals surface area contributed by atoms with Crippen molar-refractivity contribution in [1.82, 2.24) is 4.98 Å². The summed E-state index contributed by atoms with van der Waals surface area (Å²) in [6.45, 7) is 0. The molecule has 0 saturated heterocycles. The number of rotatable bonds is 1. The van der Waals surface area contributed by atoms with Gasteiger partial charge in [0.05, 0.1) is 16.8 Å². The average Bonchev–Trinajstić information content (AvgIpc) is 2.96. The van der Waals surface area contributed by atoms with Crippen molar-refractivity contribution in [3.05, 3.63) is 57.8 Å². The van der Waals surface area contributed by atoms with Crippen LogP contribution in [0.3, 0.4) is 0 Å². The summed E-state index contributed by atoms with van der Waals surface area (Å²) in [5.41, 5.74) is 1.87. The molecular formula is C16H8BrFN2O2. The first-order valence-electron chi connectivity index (χ1n) is 6.48. The lowest BCUT2D eigenvalue weighted by Crippen LogP contribution is -2.10. The molecule has 1 aliphatic rings. The topological polar surface area (TPSA) is 65.4 Å². The van der Waals surface area contributed by atoms with E-state index in [4.69, 9.17) is 0 Å². The lowest BCUT2D eigenvalue weighted by Gasteiger charge is -1.99. The predicted molar refractivity (Wildman–Crippen MR) is 84.6 cm³/mol. The summed E-state index contributed by atoms with van der Waals surface area (Å²) >= 11 is 3.32. The van der Waals surface area contributed by atoms with Gasteiger partial charge in [-0.25, -0.2) is 9.38 Å². The first-order valence-corrected chi connectivity index (χ1v) is 7.27. The van der Waals surface area contributed by atoms with Crippen molar-refractivity contribution >= 4 is 44.0 Å². The second kappa shape index (κ2) is 4.51. The molecule has 1 aromatic heterocycles. The van der Waals surface area contributed by atoms with Crippen LogP contribution in [0.5, 0.6) is 5.88 Å². The van der Waals surface area contributed by atoms with Gasteiger partial charge in [-0.3, -0.25) is 4.79 Å². The number of benzene rings is 2. The number of ketones is 1. The molecule has 0 aliphatic carbocycles. The van der Waals surface area contributed by atoms with E-state index in [0.717, 1.165) is 4.47 Å². The summed E-state index contributed by atoms with van der Waals surface area (Å²) in [5, 5.41) is 10.5. The summed E-state index contributed by atoms with van der Waals surface area (Å²) < 4.78 is 14.3. The Hall–Kier alpha value is -2.47. The van der Waals surface area contributed by atoms with Gasteiger partial charge in [0.15, 0.2) is 5.88 Å². The molecule has 0 atom stereocenters. The molecule has 1 aliphatic heterocycles. The number of fused-ring (bicyclic) bond motifs is 2. The number of aliphatic imine (C=N–C) groups is 1. The maximum atomic E-state index is 13.5. The van der Waals surface area contributed by atoms with Crippen LogP contribution < -0.4 is 0 Å². The van der Waals surface area contributed by atoms with E-state index in [0.29, 0.717) is 22.2 Å². The molecular weight excluding hydrogens is 351 g/mol. The van der Waals surface area contributed by atoms with Crippen LogP contribution in [0.25, 0.3) is 10.9 Å². The van der Waals surface area contributed by atoms with Crippen LogP contribution in [0.15, 0.2) is 45.9 Å². The zero-order valence-electron chi connectivity index (χ0n) is 11.0. The predicted octanol–water partition coefficient (Wildman–Crippen LogP) is 4.09. The summed E-state index contributed by atoms with van der Waals surface area (Å²) in [4.78, 5) is 19.6. The number of Topliss-reactive ketones (excluding diaryl/α,β-unsaturated/α-hetero) is 1. The molecule has 3 aromatic rings. The Morgan fingerprint density at radius 2 is 2.00 bits per heavy atom. The van der Waals surface area contributed by atoms with Gasteiger partial charge in [-0.2, -0.15) is 0 Å². The van der Waals surface area contributed by atoms with Crippen molar-refractivity contribution in [2.45, 2.75) is 0 Å². The lowest BCUT2D eigenvalue weighted by atomic mass is 10.0. The molecule has 108 valence electrons. The van der Waals surface area contributed by atoms with Crippen LogP contribution in [-0.2, 0) is 0 Å². The molecule has 0 radical (unpaired) electrons. The molecule has 0 spiro atoms. The van der Waals surface area contributed by atoms with Crippen LogP contribution in [0.1, 0.15) is 15.9 Å². The van der Waals surface area contributed by atoms with E-state index < -0.39 is 5.82 Å². The Kier molecular flexibility index (Phi) is 2.71. The van der Waals surface area contributed by atoms with E-state index in [9.17, 15) is 14.3 Å². The Morgan fingerprint density at radius 1 is 1.18 bits per heavy atom. The number of hydrogen-bond donors (Lipinski definition) is 2. The molecule has 0 amide bonds. The van der Waals surface area contributed by atoms with Gasteiger partial charge in [0.1, 0.15) is 11.5 Å². The lowest BCUT2D eigenvalue weighted by molar-refractivity contribution is 0.107. The van der Waals surface area contributed by atoms with E-state index in [1.54, 1.807) is 18.2 Å². The van der Waals surface area contributed by atoms with Crippen molar-refractivity contribution in [2.75, 3.05) is 0 Å². The van der Waals surface area contributed by atoms with E-state index in [-0.39, 0.29) is 22.9 Å². The van der Waals surface area contributed by atoms with Crippen molar-refractivity contribution < 1.29 is 14.3 Å². The molecule has 6 heteroatoms. The Morgan fingerprint density at radius 3 is 2.82 bits per heavy atom. The number of carbonyl (C=O) groups is 1. The average molecular weight is 359 g/mol. The molecule has 2 aromatic carbocycles. The zero-order chi connectivity index (χ0) is 15.4. The van der Waals surface area contributed by atoms with Gasteiger partial charge in [0.25, 0.3) is 0 Å². The Labute approximate surface area is 132 Å². The number of aromatic nitrogens is 1. The van der Waals surface area contributed by atoms with E-state index in [2.05, 4.69) is 25.9 Å². The summed E-state index contributed by atoms with van der Waals surface area (Å²) in [7, 11) is 0. The molecule has 2 heterocycles. The number of aromatic amines is 1. The van der Waals surface area contributed by atoms with Crippen molar-refractivity contribution in [2.24, 2.45) is 4.99 Å². The minimum absolute atomic E-state index is 0.113. The second-order valence-corrected chi connectivity index (χ2v) is 5.91. The fraction of sp³-hybridized carbons (Fsp3) is 0. The monoisotopic (exact) mass is 358 g/mol. The van der Waals surface area contributed by atoms with Gasteiger partial charge in [0.2, 0.25) is 5.78 Å². The highest BCUT2D eigenvalue weighted by Crippen LogP contribution is 2.36. The first kappa shape index (κ1) is 13.2. The maximum absolute atomic E-state index is 13.5. The minimum atomic E-state index is -0.445. The van der Waals surface area contributed by atoms with Crippen LogP contribution in [0.4, 0.5) is 10.1 Å². The number of hydrogen-bond acceptors (Lipinski definition) is 3. The molecule has 4 nitrogen and oxygen atoms in total. The molecule has 0 saturated carbocycles. The van der Waals surface area contributed by atoms with Gasteiger partial charge in [-0.1, -0.05) is 15.9 Å². The standard InChI is InChI=1S/C16H8BrFN2O2/c17-7-1-3-12-10(5-7)15(21)14(19-12)13-9-6-8(18)2-4-11(9)20-16(13)22/h1-6,20,22H. The number of H-pyrrole nitrogens is 1. The summed E-state index contributed by atoms with van der Waals surface area (Å²) in [6, 6.07) is 9.25. The van der Waals surface area contributed by atoms with Crippen molar-refractivity contribution in [1.29, 1.82) is 0 Å². The highest BCUT2D eigenvalue weighted by molar-refractivity contribution is 9.10. The highest BCUT2D eigenvalue weighted by atomic mass is 79.9. The largest absolute Gasteiger partial charge is 0.494 e. The second-order valence-electron chi connectivity index (χ2n) is 4.99. The van der Waals surface area contributed by atoms with Crippen molar-refractivity contribution in [3.63, 3.8) is 0 Å². The summed E-state index contributed by atoms with van der Waals surface area (Å²) in [6.07, 6.45) is 0. The van der Waals surface area contributed by atoms with Gasteiger partial charge in [-0.05, 0) is 36.4 Å². The number of carbonyl (C=O) groups excluding carboxylic acids is 1. The number of nitrogens with one attached hydrogen (secondary N) is 1. The minimum Gasteiger partial charge on any atom is -0.494 e. The molecule has 0 unspecified atom stereocenters. The number of nitrogens with zero attached hydrogens (tertiary/aromatic N) is 1. The van der Waals surface area contributed by atoms with E-state index in [1.807, 2.05) is 0 Å². The van der Waals surface area contributed by atoms with Crippen molar-refractivity contribution in [3.8, 4) is 5.88 Å². The molecule has 0 bridgehead atoms. The van der Waals surface area contributed by atoms with Gasteiger partial charge < -0.3 is 10.1 Å². The number of aromatic hydroxyl groups is 1. The number of halogens is 2. The highest BCUT2D eigenvalue weighted by Gasteiger charge is 2.30. The molecule has 2 N–H and O–H groups in total. The maximum Gasteiger partial charge on any atom is 0.214 e. The van der Waals surface area contributed by atoms with Gasteiger partial charge in [0, 0.05) is 15.4 Å². The fourth-order valence-electron chi connectivity index (χ4n) is 2.65. The third-order valence-corrected chi connectivity index (χ3v) is 4.12. The third kappa shape index (κ3) is 1.80. The van der Waals surface area contributed by atoms with E-state index >= 15 is 0 Å². The smallest absolute Gasteiger partial charge is 0.214 e. The Bertz CT molecular complexity index is 991. The van der Waals surface area contributed by atoms with Gasteiger partial charge in [-0.15, -0.1) is 0 Å². The summed E-state index contributed by atoms with van der Waals surface area (Å²) in [5.74, 6) is -0.935. The molecule has 4 rings (SSSR count). The normalized spacial score (nSPS) is 13.5. The Balaban J connectivity index is 1.96. The SMILES string of the molecule is O=C1C(c2c(O)[nH]c3ccc(F)cc23)=Nc2ccc(Br)cc21. The van der Waals surface area contributed by atoms with Crippen LogP contribution >= 0.6 is 15.9 Å². The molecule has 22 heavy (non-hydrogen) atoms. The molecule has 0 fully saturated rings. The van der Waals surface area contributed by atoms with Crippen LogP contribution in [-0.4, -0.2) is 21.6 Å². The first-order chi connectivity index (χ1) is 10.5. The van der Waals surface area contributed by atoms with Crippen LogP contribution in [0, 0.1) is 5.82 Å². The fourth-order valence-corrected chi connectivity index (χ4v) is 3.01. The van der Waals surface area contributed by atoms with Crippen LogP contribution in [0.2, 0.25) is 0 Å². The van der Waals surface area contributed by atoms with E-state index in [1.165, 1.54) is 18.2 Å². The zero-order valence-corrected chi connectivity index (χ0v) is 12.6.